The van der Waals surface area contributed by atoms with Gasteiger partial charge in [-0.3, -0.25) is 0 Å². The van der Waals surface area contributed by atoms with Crippen molar-refractivity contribution in [3.8, 4) is 0 Å². The molecule has 2 unspecified atom stereocenters. The van der Waals surface area contributed by atoms with E-state index in [0.29, 0.717) is 6.04 Å². The van der Waals surface area contributed by atoms with Gasteiger partial charge in [0.25, 0.3) is 0 Å². The standard InChI is InChI=1S/C17H29NS/c1-4-8-13(3)17(18-11-5-2)16-12-14-9-6-7-10-15(14)19-16/h12-13,17-18H,4-11H2,1-3H3. The van der Waals surface area contributed by atoms with Crippen LogP contribution >= 0.6 is 11.3 Å². The van der Waals surface area contributed by atoms with E-state index in [1.54, 1.807) is 15.3 Å². The molecule has 2 heteroatoms. The molecule has 0 aromatic carbocycles. The van der Waals surface area contributed by atoms with Crippen LogP contribution in [0.1, 0.15) is 74.2 Å². The second kappa shape index (κ2) is 7.44. The van der Waals surface area contributed by atoms with Crippen molar-refractivity contribution in [3.05, 3.63) is 21.4 Å². The van der Waals surface area contributed by atoms with Gasteiger partial charge in [0.2, 0.25) is 0 Å². The molecule has 2 atom stereocenters. The first-order chi connectivity index (χ1) is 9.26. The van der Waals surface area contributed by atoms with Gasteiger partial charge in [0, 0.05) is 15.8 Å². The minimum absolute atomic E-state index is 0.579. The first-order valence-electron chi connectivity index (χ1n) is 8.11. The molecule has 1 aliphatic carbocycles. The van der Waals surface area contributed by atoms with Crippen molar-refractivity contribution in [2.45, 2.75) is 71.8 Å². The Morgan fingerprint density at radius 3 is 2.68 bits per heavy atom. The van der Waals surface area contributed by atoms with Crippen molar-refractivity contribution in [2.24, 2.45) is 5.92 Å². The Morgan fingerprint density at radius 1 is 1.21 bits per heavy atom. The molecule has 0 radical (unpaired) electrons. The quantitative estimate of drug-likeness (QED) is 0.732. The maximum atomic E-state index is 3.79. The third-order valence-corrected chi connectivity index (χ3v) is 5.57. The average molecular weight is 279 g/mol. The summed E-state index contributed by atoms with van der Waals surface area (Å²) in [6, 6.07) is 3.09. The van der Waals surface area contributed by atoms with Crippen molar-refractivity contribution in [1.29, 1.82) is 0 Å². The second-order valence-corrected chi connectivity index (χ2v) is 7.17. The van der Waals surface area contributed by atoms with Crippen molar-refractivity contribution < 1.29 is 0 Å². The summed E-state index contributed by atoms with van der Waals surface area (Å²) in [5, 5.41) is 3.79. The van der Waals surface area contributed by atoms with E-state index in [9.17, 15) is 0 Å². The Kier molecular flexibility index (Phi) is 5.90. The van der Waals surface area contributed by atoms with Gasteiger partial charge in [-0.15, -0.1) is 11.3 Å². The van der Waals surface area contributed by atoms with Gasteiger partial charge in [0.1, 0.15) is 0 Å². The van der Waals surface area contributed by atoms with Crippen LogP contribution in [0.4, 0.5) is 0 Å². The Labute approximate surface area is 122 Å². The SMILES string of the molecule is CCCNC(c1cc2c(s1)CCCC2)C(C)CCC. The maximum Gasteiger partial charge on any atom is 0.0440 e. The van der Waals surface area contributed by atoms with E-state index in [2.05, 4.69) is 43.5 Å². The van der Waals surface area contributed by atoms with Crippen LogP contribution in [0, 0.1) is 5.92 Å². The Bertz CT molecular complexity index is 359. The summed E-state index contributed by atoms with van der Waals surface area (Å²) in [4.78, 5) is 3.27. The van der Waals surface area contributed by atoms with E-state index in [4.69, 9.17) is 0 Å². The number of aryl methyl sites for hydroxylation is 2. The monoisotopic (exact) mass is 279 g/mol. The molecule has 19 heavy (non-hydrogen) atoms. The van der Waals surface area contributed by atoms with Gasteiger partial charge in [-0.25, -0.2) is 0 Å². The first-order valence-corrected chi connectivity index (χ1v) is 8.92. The molecule has 0 spiro atoms. The molecule has 1 nitrogen and oxygen atoms in total. The predicted octanol–water partition coefficient (Wildman–Crippen LogP) is 5.10. The lowest BCUT2D eigenvalue weighted by Gasteiger charge is -2.24. The molecule has 108 valence electrons. The molecular formula is C17H29NS. The lowest BCUT2D eigenvalue weighted by atomic mass is 9.93. The third-order valence-electron chi connectivity index (χ3n) is 4.25. The van der Waals surface area contributed by atoms with Crippen LogP contribution in [0.25, 0.3) is 0 Å². The molecule has 2 rings (SSSR count). The summed E-state index contributed by atoms with van der Waals surface area (Å²) in [5.74, 6) is 0.747. The molecule has 1 N–H and O–H groups in total. The largest absolute Gasteiger partial charge is 0.309 e. The zero-order valence-corrected chi connectivity index (χ0v) is 13.6. The van der Waals surface area contributed by atoms with Crippen molar-refractivity contribution in [1.82, 2.24) is 5.32 Å². The van der Waals surface area contributed by atoms with Crippen molar-refractivity contribution in [3.63, 3.8) is 0 Å². The van der Waals surface area contributed by atoms with Crippen LogP contribution in [0.3, 0.4) is 0 Å². The average Bonchev–Trinajstić information content (AvgIpc) is 2.83. The summed E-state index contributed by atoms with van der Waals surface area (Å²) < 4.78 is 0. The Morgan fingerprint density at radius 2 is 2.00 bits per heavy atom. The van der Waals surface area contributed by atoms with Crippen LogP contribution in [0.15, 0.2) is 6.07 Å². The van der Waals surface area contributed by atoms with Crippen LogP contribution in [-0.4, -0.2) is 6.54 Å². The fourth-order valence-electron chi connectivity index (χ4n) is 3.17. The predicted molar refractivity (Wildman–Crippen MR) is 86.1 cm³/mol. The third kappa shape index (κ3) is 3.82. The van der Waals surface area contributed by atoms with Crippen LogP contribution in [0.2, 0.25) is 0 Å². The fraction of sp³-hybridized carbons (Fsp3) is 0.765. The zero-order chi connectivity index (χ0) is 13.7. The highest BCUT2D eigenvalue weighted by atomic mass is 32.1. The Hall–Kier alpha value is -0.340. The van der Waals surface area contributed by atoms with E-state index in [-0.39, 0.29) is 0 Å². The molecule has 1 aromatic rings. The number of hydrogen-bond acceptors (Lipinski definition) is 2. The molecule has 1 aliphatic rings. The second-order valence-electron chi connectivity index (χ2n) is 6.00. The molecule has 1 aromatic heterocycles. The van der Waals surface area contributed by atoms with Gasteiger partial charge in [-0.2, -0.15) is 0 Å². The highest BCUT2D eigenvalue weighted by molar-refractivity contribution is 7.12. The summed E-state index contributed by atoms with van der Waals surface area (Å²) in [6.07, 6.45) is 9.25. The lowest BCUT2D eigenvalue weighted by Crippen LogP contribution is -2.27. The van der Waals surface area contributed by atoms with Gasteiger partial charge in [-0.05, 0) is 62.6 Å². The molecule has 0 fully saturated rings. The summed E-state index contributed by atoms with van der Waals surface area (Å²) in [6.45, 7) is 8.11. The van der Waals surface area contributed by atoms with Crippen molar-refractivity contribution >= 4 is 11.3 Å². The smallest absolute Gasteiger partial charge is 0.0440 e. The first kappa shape index (κ1) is 15.1. The molecule has 0 aliphatic heterocycles. The normalized spacial score (nSPS) is 18.1. The van der Waals surface area contributed by atoms with Gasteiger partial charge >= 0.3 is 0 Å². The summed E-state index contributed by atoms with van der Waals surface area (Å²) >= 11 is 2.09. The molecule has 0 saturated carbocycles. The lowest BCUT2D eigenvalue weighted by molar-refractivity contribution is 0.368. The van der Waals surface area contributed by atoms with E-state index >= 15 is 0 Å². The van der Waals surface area contributed by atoms with Gasteiger partial charge in [0.05, 0.1) is 0 Å². The van der Waals surface area contributed by atoms with E-state index in [1.807, 2.05) is 0 Å². The number of hydrogen-bond donors (Lipinski definition) is 1. The summed E-state index contributed by atoms with van der Waals surface area (Å²) in [7, 11) is 0. The molecule has 0 saturated heterocycles. The minimum atomic E-state index is 0.579. The maximum absolute atomic E-state index is 3.79. The van der Waals surface area contributed by atoms with Gasteiger partial charge in [-0.1, -0.05) is 27.2 Å². The molecule has 1 heterocycles. The summed E-state index contributed by atoms with van der Waals surface area (Å²) in [5.41, 5.74) is 1.65. The highest BCUT2D eigenvalue weighted by Gasteiger charge is 2.22. The molecular weight excluding hydrogens is 250 g/mol. The molecule has 0 amide bonds. The van der Waals surface area contributed by atoms with Crippen molar-refractivity contribution in [2.75, 3.05) is 6.54 Å². The van der Waals surface area contributed by atoms with Crippen LogP contribution < -0.4 is 5.32 Å². The van der Waals surface area contributed by atoms with E-state index < -0.39 is 0 Å². The van der Waals surface area contributed by atoms with Gasteiger partial charge in [0.15, 0.2) is 0 Å². The fourth-order valence-corrected chi connectivity index (χ4v) is 4.64. The number of fused-ring (bicyclic) bond motifs is 1. The minimum Gasteiger partial charge on any atom is -0.309 e. The Balaban J connectivity index is 2.14. The number of nitrogens with one attached hydrogen (secondary N) is 1. The van der Waals surface area contributed by atoms with E-state index in [1.165, 1.54) is 44.9 Å². The van der Waals surface area contributed by atoms with E-state index in [0.717, 1.165) is 12.5 Å². The number of rotatable bonds is 7. The molecule has 0 bridgehead atoms. The van der Waals surface area contributed by atoms with Crippen LogP contribution in [-0.2, 0) is 12.8 Å². The number of thiophene rings is 1. The highest BCUT2D eigenvalue weighted by Crippen LogP contribution is 2.36. The topological polar surface area (TPSA) is 12.0 Å². The zero-order valence-electron chi connectivity index (χ0n) is 12.8. The van der Waals surface area contributed by atoms with Gasteiger partial charge < -0.3 is 5.32 Å². The van der Waals surface area contributed by atoms with Crippen LogP contribution in [0.5, 0.6) is 0 Å².